The highest BCUT2D eigenvalue weighted by Crippen LogP contribution is 2.28. The van der Waals surface area contributed by atoms with Gasteiger partial charge in [-0.2, -0.15) is 0 Å². The van der Waals surface area contributed by atoms with E-state index >= 15 is 0 Å². The smallest absolute Gasteiger partial charge is 0.233 e. The van der Waals surface area contributed by atoms with Gasteiger partial charge in [0, 0.05) is 26.2 Å². The fraction of sp³-hybridized carbons (Fsp3) is 0.417. The van der Waals surface area contributed by atoms with Crippen LogP contribution in [0.1, 0.15) is 0 Å². The first-order chi connectivity index (χ1) is 8.76. The number of anilines is 1. The van der Waals surface area contributed by atoms with Crippen LogP contribution in [-0.4, -0.2) is 49.4 Å². The molecule has 1 aromatic carbocycles. The molecule has 1 heterocycles. The van der Waals surface area contributed by atoms with Gasteiger partial charge in [-0.15, -0.1) is 0 Å². The molecule has 0 radical (unpaired) electrons. The number of para-hydroxylation sites is 2. The molecule has 0 saturated carbocycles. The second-order valence-corrected chi connectivity index (χ2v) is 4.10. The number of nitrogens with zero attached hydrogens (tertiary/aromatic N) is 3. The van der Waals surface area contributed by atoms with Gasteiger partial charge in [-0.3, -0.25) is 0 Å². The molecule has 18 heavy (non-hydrogen) atoms. The Labute approximate surface area is 106 Å². The van der Waals surface area contributed by atoms with Crippen LogP contribution in [0, 0.1) is 0 Å². The largest absolute Gasteiger partial charge is 0.495 e. The molecular weight excluding hydrogens is 232 g/mol. The number of oxime groups is 1. The lowest BCUT2D eigenvalue weighted by Crippen LogP contribution is -2.51. The molecule has 1 saturated heterocycles. The van der Waals surface area contributed by atoms with Gasteiger partial charge in [0.15, 0.2) is 0 Å². The first-order valence-corrected chi connectivity index (χ1v) is 5.86. The number of rotatable bonds is 2. The Morgan fingerprint density at radius 2 is 1.94 bits per heavy atom. The minimum Gasteiger partial charge on any atom is -0.495 e. The third-order valence-electron chi connectivity index (χ3n) is 3.13. The van der Waals surface area contributed by atoms with Crippen LogP contribution < -0.4 is 15.4 Å². The molecule has 1 aliphatic rings. The minimum absolute atomic E-state index is 0.176. The summed E-state index contributed by atoms with van der Waals surface area (Å²) in [6.45, 7) is 3.09. The first-order valence-electron chi connectivity index (χ1n) is 5.86. The predicted octanol–water partition coefficient (Wildman–Crippen LogP) is 0.521. The van der Waals surface area contributed by atoms with E-state index in [-0.39, 0.29) is 5.96 Å². The van der Waals surface area contributed by atoms with E-state index < -0.39 is 0 Å². The van der Waals surface area contributed by atoms with E-state index in [2.05, 4.69) is 10.1 Å². The molecule has 1 aliphatic heterocycles. The summed E-state index contributed by atoms with van der Waals surface area (Å²) < 4.78 is 5.35. The zero-order chi connectivity index (χ0) is 13.0. The molecule has 0 spiro atoms. The summed E-state index contributed by atoms with van der Waals surface area (Å²) in [5.41, 5.74) is 6.65. The van der Waals surface area contributed by atoms with Gasteiger partial charge in [-0.1, -0.05) is 17.3 Å². The standard InChI is InChI=1S/C12H18N4O2/c1-18-11-5-3-2-4-10(11)15-6-8-16(9-7-15)12(13)14-17/h2-5,17H,6-9H2,1H3,(H2,13,14). The van der Waals surface area contributed by atoms with Crippen molar-refractivity contribution in [1.82, 2.24) is 4.90 Å². The molecule has 98 valence electrons. The highest BCUT2D eigenvalue weighted by Gasteiger charge is 2.20. The third-order valence-corrected chi connectivity index (χ3v) is 3.13. The zero-order valence-electron chi connectivity index (χ0n) is 10.4. The normalized spacial score (nSPS) is 16.8. The Bertz CT molecular complexity index is 428. The quantitative estimate of drug-likeness (QED) is 0.346. The summed E-state index contributed by atoms with van der Waals surface area (Å²) in [7, 11) is 1.67. The molecule has 0 unspecified atom stereocenters. The molecular formula is C12H18N4O2. The lowest BCUT2D eigenvalue weighted by Gasteiger charge is -2.36. The Kier molecular flexibility index (Phi) is 3.76. The molecule has 0 bridgehead atoms. The molecule has 1 aromatic rings. The van der Waals surface area contributed by atoms with Crippen LogP contribution >= 0.6 is 0 Å². The van der Waals surface area contributed by atoms with Gasteiger partial charge in [0.25, 0.3) is 0 Å². The fourth-order valence-electron chi connectivity index (χ4n) is 2.13. The summed E-state index contributed by atoms with van der Waals surface area (Å²) in [5, 5.41) is 11.7. The summed E-state index contributed by atoms with van der Waals surface area (Å²) in [6, 6.07) is 7.94. The first kappa shape index (κ1) is 12.3. The van der Waals surface area contributed by atoms with Crippen molar-refractivity contribution in [2.24, 2.45) is 10.9 Å². The number of hydrogen-bond donors (Lipinski definition) is 2. The van der Waals surface area contributed by atoms with E-state index in [1.165, 1.54) is 0 Å². The summed E-state index contributed by atoms with van der Waals surface area (Å²) in [4.78, 5) is 4.09. The predicted molar refractivity (Wildman–Crippen MR) is 70.2 cm³/mol. The number of piperazine rings is 1. The van der Waals surface area contributed by atoms with Crippen LogP contribution in [0.25, 0.3) is 0 Å². The van der Waals surface area contributed by atoms with Gasteiger partial charge in [0.1, 0.15) is 5.75 Å². The van der Waals surface area contributed by atoms with Crippen LogP contribution in [0.3, 0.4) is 0 Å². The van der Waals surface area contributed by atoms with E-state index in [1.54, 1.807) is 7.11 Å². The Balaban J connectivity index is 2.05. The van der Waals surface area contributed by atoms with Crippen LogP contribution in [0.2, 0.25) is 0 Å². The maximum absolute atomic E-state index is 8.64. The highest BCUT2D eigenvalue weighted by atomic mass is 16.5. The number of hydrogen-bond acceptors (Lipinski definition) is 4. The Morgan fingerprint density at radius 1 is 1.28 bits per heavy atom. The van der Waals surface area contributed by atoms with Crippen LogP contribution in [0.4, 0.5) is 5.69 Å². The second-order valence-electron chi connectivity index (χ2n) is 4.10. The molecule has 0 amide bonds. The van der Waals surface area contributed by atoms with Crippen molar-refractivity contribution in [3.63, 3.8) is 0 Å². The zero-order valence-corrected chi connectivity index (χ0v) is 10.4. The highest BCUT2D eigenvalue weighted by molar-refractivity contribution is 5.77. The molecule has 0 aromatic heterocycles. The van der Waals surface area contributed by atoms with Gasteiger partial charge >= 0.3 is 0 Å². The van der Waals surface area contributed by atoms with Crippen LogP contribution in [0.5, 0.6) is 5.75 Å². The maximum atomic E-state index is 8.64. The van der Waals surface area contributed by atoms with Crippen molar-refractivity contribution >= 4 is 11.6 Å². The van der Waals surface area contributed by atoms with E-state index in [4.69, 9.17) is 15.7 Å². The minimum atomic E-state index is 0.176. The van der Waals surface area contributed by atoms with Crippen molar-refractivity contribution in [1.29, 1.82) is 0 Å². The lowest BCUT2D eigenvalue weighted by atomic mass is 10.2. The van der Waals surface area contributed by atoms with Crippen molar-refractivity contribution in [3.05, 3.63) is 24.3 Å². The van der Waals surface area contributed by atoms with E-state index in [0.717, 1.165) is 37.6 Å². The summed E-state index contributed by atoms with van der Waals surface area (Å²) in [5.74, 6) is 1.05. The summed E-state index contributed by atoms with van der Waals surface area (Å²) >= 11 is 0. The SMILES string of the molecule is COc1ccccc1N1CCN(/C(N)=N/O)CC1. The molecule has 1 fully saturated rings. The number of benzene rings is 1. The maximum Gasteiger partial charge on any atom is 0.233 e. The van der Waals surface area contributed by atoms with E-state index in [9.17, 15) is 0 Å². The number of guanidine groups is 1. The van der Waals surface area contributed by atoms with Gasteiger partial charge < -0.3 is 25.5 Å². The van der Waals surface area contributed by atoms with Crippen LogP contribution in [-0.2, 0) is 0 Å². The molecule has 3 N–H and O–H groups in total. The molecule has 6 heteroatoms. The van der Waals surface area contributed by atoms with Crippen molar-refractivity contribution in [2.45, 2.75) is 0 Å². The molecule has 2 rings (SSSR count). The van der Waals surface area contributed by atoms with Gasteiger partial charge in [-0.05, 0) is 12.1 Å². The topological polar surface area (TPSA) is 74.3 Å². The lowest BCUT2D eigenvalue weighted by molar-refractivity contribution is 0.292. The van der Waals surface area contributed by atoms with E-state index in [1.807, 2.05) is 29.2 Å². The Hall–Kier alpha value is -2.11. The third kappa shape index (κ3) is 2.42. The van der Waals surface area contributed by atoms with Gasteiger partial charge in [0.05, 0.1) is 12.8 Å². The monoisotopic (exact) mass is 250 g/mol. The molecule has 0 aliphatic carbocycles. The fourth-order valence-corrected chi connectivity index (χ4v) is 2.13. The van der Waals surface area contributed by atoms with E-state index in [0.29, 0.717) is 0 Å². The van der Waals surface area contributed by atoms with Crippen molar-refractivity contribution < 1.29 is 9.94 Å². The average molecular weight is 250 g/mol. The second kappa shape index (κ2) is 5.48. The Morgan fingerprint density at radius 3 is 2.56 bits per heavy atom. The number of methoxy groups -OCH3 is 1. The molecule has 0 atom stereocenters. The number of nitrogens with two attached hydrogens (primary N) is 1. The van der Waals surface area contributed by atoms with Gasteiger partial charge in [-0.25, -0.2) is 0 Å². The molecule has 6 nitrogen and oxygen atoms in total. The van der Waals surface area contributed by atoms with Crippen molar-refractivity contribution in [3.8, 4) is 5.75 Å². The summed E-state index contributed by atoms with van der Waals surface area (Å²) in [6.07, 6.45) is 0. The van der Waals surface area contributed by atoms with Crippen molar-refractivity contribution in [2.75, 3.05) is 38.2 Å². The van der Waals surface area contributed by atoms with Gasteiger partial charge in [0.2, 0.25) is 5.96 Å². The average Bonchev–Trinajstić information content (AvgIpc) is 2.46. The number of ether oxygens (including phenoxy) is 1. The van der Waals surface area contributed by atoms with Crippen LogP contribution in [0.15, 0.2) is 29.4 Å².